The molecule has 0 aliphatic carbocycles. The molecule has 1 fully saturated rings. The van der Waals surface area contributed by atoms with Crippen LogP contribution in [0.25, 0.3) is 0 Å². The Hall–Kier alpha value is -0.900. The largest absolute Gasteiger partial charge is 0.381 e. The van der Waals surface area contributed by atoms with Crippen molar-refractivity contribution in [2.24, 2.45) is 0 Å². The zero-order chi connectivity index (χ0) is 14.0. The fraction of sp³-hybridized carbons (Fsp3) is 0.600. The molecule has 2 rings (SSSR count). The maximum absolute atomic E-state index is 14.1. The van der Waals surface area contributed by atoms with Gasteiger partial charge in [0, 0.05) is 35.8 Å². The summed E-state index contributed by atoms with van der Waals surface area (Å²) < 4.78 is 14.1. The molecule has 0 bridgehead atoms. The fourth-order valence-corrected chi connectivity index (χ4v) is 3.46. The highest BCUT2D eigenvalue weighted by atomic mass is 32.2. The van der Waals surface area contributed by atoms with Gasteiger partial charge in [-0.05, 0) is 38.5 Å². The molecule has 0 spiro atoms. The minimum absolute atomic E-state index is 0.153. The van der Waals surface area contributed by atoms with Crippen molar-refractivity contribution in [3.8, 4) is 0 Å². The number of hydrogen-bond donors (Lipinski definition) is 1. The molecular weight excluding hydrogens is 259 g/mol. The minimum Gasteiger partial charge on any atom is -0.381 e. The summed E-state index contributed by atoms with van der Waals surface area (Å²) in [6.07, 6.45) is 1.15. The molecule has 4 heteroatoms. The summed E-state index contributed by atoms with van der Waals surface area (Å²) in [5.74, 6) is 0.955. The molecule has 19 heavy (non-hydrogen) atoms. The third-order valence-corrected chi connectivity index (χ3v) is 5.03. The van der Waals surface area contributed by atoms with Crippen molar-refractivity contribution in [1.29, 1.82) is 0 Å². The first-order valence-electron chi connectivity index (χ1n) is 6.88. The zero-order valence-electron chi connectivity index (χ0n) is 12.1. The van der Waals surface area contributed by atoms with E-state index in [1.165, 1.54) is 0 Å². The maximum atomic E-state index is 14.1. The van der Waals surface area contributed by atoms with Crippen molar-refractivity contribution >= 4 is 23.1 Å². The van der Waals surface area contributed by atoms with Crippen LogP contribution in [-0.4, -0.2) is 30.1 Å². The Bertz CT molecular complexity index is 436. The first-order chi connectivity index (χ1) is 8.97. The van der Waals surface area contributed by atoms with E-state index < -0.39 is 0 Å². The molecule has 0 radical (unpaired) electrons. The summed E-state index contributed by atoms with van der Waals surface area (Å²) >= 11 is 1.98. The predicted molar refractivity (Wildman–Crippen MR) is 83.9 cm³/mol. The predicted octanol–water partition coefficient (Wildman–Crippen LogP) is 3.98. The van der Waals surface area contributed by atoms with Crippen LogP contribution >= 0.6 is 11.8 Å². The summed E-state index contributed by atoms with van der Waals surface area (Å²) in [6.45, 7) is 6.36. The highest BCUT2D eigenvalue weighted by Gasteiger charge is 2.22. The van der Waals surface area contributed by atoms with Gasteiger partial charge in [-0.15, -0.1) is 0 Å². The van der Waals surface area contributed by atoms with Crippen LogP contribution in [0, 0.1) is 5.82 Å². The van der Waals surface area contributed by atoms with Crippen LogP contribution < -0.4 is 10.2 Å². The van der Waals surface area contributed by atoms with Crippen molar-refractivity contribution in [1.82, 2.24) is 0 Å². The van der Waals surface area contributed by atoms with E-state index in [2.05, 4.69) is 26.1 Å². The Morgan fingerprint density at radius 3 is 2.68 bits per heavy atom. The smallest absolute Gasteiger partial charge is 0.148 e. The van der Waals surface area contributed by atoms with Gasteiger partial charge in [0.1, 0.15) is 5.82 Å². The van der Waals surface area contributed by atoms with Gasteiger partial charge in [0.05, 0.1) is 5.69 Å². The molecule has 1 aromatic rings. The van der Waals surface area contributed by atoms with Crippen LogP contribution in [0.2, 0.25) is 0 Å². The first-order valence-corrected chi connectivity index (χ1v) is 7.92. The molecule has 0 saturated carbocycles. The van der Waals surface area contributed by atoms with Gasteiger partial charge in [-0.1, -0.05) is 6.92 Å². The van der Waals surface area contributed by atoms with Gasteiger partial charge in [-0.3, -0.25) is 0 Å². The van der Waals surface area contributed by atoms with Crippen LogP contribution in [0.5, 0.6) is 0 Å². The zero-order valence-corrected chi connectivity index (χ0v) is 12.9. The van der Waals surface area contributed by atoms with E-state index >= 15 is 0 Å². The second-order valence-electron chi connectivity index (χ2n) is 5.59. The highest BCUT2D eigenvalue weighted by Crippen LogP contribution is 2.29. The molecule has 106 valence electrons. The van der Waals surface area contributed by atoms with E-state index in [1.54, 1.807) is 6.07 Å². The molecule has 1 aliphatic heterocycles. The molecule has 1 aromatic carbocycles. The van der Waals surface area contributed by atoms with Gasteiger partial charge in [0.25, 0.3) is 0 Å². The molecule has 2 nitrogen and oxygen atoms in total. The molecule has 1 aliphatic rings. The Labute approximate surface area is 119 Å². The van der Waals surface area contributed by atoms with Gasteiger partial charge in [0.15, 0.2) is 0 Å². The normalized spacial score (nSPS) is 22.8. The van der Waals surface area contributed by atoms with Gasteiger partial charge >= 0.3 is 0 Å². The summed E-state index contributed by atoms with van der Waals surface area (Å²) in [5.41, 5.74) is 1.55. The number of nitrogens with zero attached hydrogens (tertiary/aromatic N) is 1. The average molecular weight is 282 g/mol. The molecular formula is C15H23FN2S. The average Bonchev–Trinajstić information content (AvgIpc) is 2.74. The second-order valence-corrected chi connectivity index (χ2v) is 7.06. The standard InChI is InChI=1S/C15H23FN2S/c1-10(2)18(4)15-6-5-12(8-14(15)16)17-13-7-11(3)19-9-13/h5-6,8,10-11,13,17H,7,9H2,1-4H3. The summed E-state index contributed by atoms with van der Waals surface area (Å²) in [7, 11) is 1.92. The van der Waals surface area contributed by atoms with Crippen LogP contribution in [0.15, 0.2) is 18.2 Å². The van der Waals surface area contributed by atoms with E-state index in [4.69, 9.17) is 0 Å². The second kappa shape index (κ2) is 6.04. The molecule has 2 atom stereocenters. The Morgan fingerprint density at radius 1 is 1.42 bits per heavy atom. The van der Waals surface area contributed by atoms with Crippen molar-refractivity contribution in [3.63, 3.8) is 0 Å². The lowest BCUT2D eigenvalue weighted by Crippen LogP contribution is -2.26. The summed E-state index contributed by atoms with van der Waals surface area (Å²) in [6, 6.07) is 6.21. The number of nitrogens with one attached hydrogen (secondary N) is 1. The van der Waals surface area contributed by atoms with Crippen LogP contribution in [0.3, 0.4) is 0 Å². The van der Waals surface area contributed by atoms with Gasteiger partial charge < -0.3 is 10.2 Å². The van der Waals surface area contributed by atoms with Crippen molar-refractivity contribution in [3.05, 3.63) is 24.0 Å². The first kappa shape index (κ1) is 14.5. The number of halogens is 1. The van der Waals surface area contributed by atoms with Crippen LogP contribution in [0.4, 0.5) is 15.8 Å². The molecule has 2 unspecified atom stereocenters. The van der Waals surface area contributed by atoms with E-state index in [9.17, 15) is 4.39 Å². The van der Waals surface area contributed by atoms with Crippen molar-refractivity contribution in [2.75, 3.05) is 23.0 Å². The number of anilines is 2. The molecule has 0 amide bonds. The van der Waals surface area contributed by atoms with E-state index in [1.807, 2.05) is 35.8 Å². The Morgan fingerprint density at radius 2 is 2.16 bits per heavy atom. The van der Waals surface area contributed by atoms with Gasteiger partial charge in [0.2, 0.25) is 0 Å². The fourth-order valence-electron chi connectivity index (χ4n) is 2.31. The van der Waals surface area contributed by atoms with Crippen LogP contribution in [-0.2, 0) is 0 Å². The summed E-state index contributed by atoms with van der Waals surface area (Å²) in [4.78, 5) is 1.95. The topological polar surface area (TPSA) is 15.3 Å². The number of thioether (sulfide) groups is 1. The van der Waals surface area contributed by atoms with Gasteiger partial charge in [-0.25, -0.2) is 4.39 Å². The third-order valence-electron chi connectivity index (χ3n) is 3.67. The number of hydrogen-bond acceptors (Lipinski definition) is 3. The molecule has 1 saturated heterocycles. The van der Waals surface area contributed by atoms with Crippen molar-refractivity contribution in [2.45, 2.75) is 44.5 Å². The highest BCUT2D eigenvalue weighted by molar-refractivity contribution is 8.00. The lowest BCUT2D eigenvalue weighted by Gasteiger charge is -2.25. The van der Waals surface area contributed by atoms with Crippen molar-refractivity contribution < 1.29 is 4.39 Å². The van der Waals surface area contributed by atoms with Gasteiger partial charge in [-0.2, -0.15) is 11.8 Å². The summed E-state index contributed by atoms with van der Waals surface area (Å²) in [5, 5.41) is 4.13. The quantitative estimate of drug-likeness (QED) is 0.899. The maximum Gasteiger partial charge on any atom is 0.148 e. The number of benzene rings is 1. The SMILES string of the molecule is CC1CC(Nc2ccc(N(C)C(C)C)c(F)c2)CS1. The van der Waals surface area contributed by atoms with Crippen LogP contribution in [0.1, 0.15) is 27.2 Å². The molecule has 0 aromatic heterocycles. The van der Waals surface area contributed by atoms with E-state index in [-0.39, 0.29) is 5.82 Å². The van der Waals surface area contributed by atoms with E-state index in [0.29, 0.717) is 23.0 Å². The number of rotatable bonds is 4. The lowest BCUT2D eigenvalue weighted by atomic mass is 10.1. The monoisotopic (exact) mass is 282 g/mol. The minimum atomic E-state index is -0.153. The third kappa shape index (κ3) is 3.56. The van der Waals surface area contributed by atoms with E-state index in [0.717, 1.165) is 17.9 Å². The Kier molecular flexibility index (Phi) is 4.61. The Balaban J connectivity index is 2.06. The lowest BCUT2D eigenvalue weighted by molar-refractivity contribution is 0.613. The molecule has 1 heterocycles. The molecule has 1 N–H and O–H groups in total.